The van der Waals surface area contributed by atoms with Gasteiger partial charge in [-0.3, -0.25) is 0 Å². The standard InChI is InChI=1S/C10H16N5.C2H6.Hg/c1-3-8-4-12-10-9(15(8)5-11)7(2)13-6-14-10;1-2;/h8,12H,2-5,11H2,1H3,(H,13,14);1-2H3;. The SMILES string of the molecule is C=C1N[C]([Hg])=NC2=C1N(CN)C(CC)CN2.CC. The fourth-order valence-corrected chi connectivity index (χ4v) is 3.58. The Hall–Kier alpha value is -0.555. The van der Waals surface area contributed by atoms with E-state index in [1.165, 1.54) is 0 Å². The van der Waals surface area contributed by atoms with E-state index in [0.717, 1.165) is 33.5 Å². The first kappa shape index (κ1) is 15.5. The number of hydrogen-bond donors (Lipinski definition) is 3. The van der Waals surface area contributed by atoms with Crippen LogP contribution in [0.25, 0.3) is 0 Å². The van der Waals surface area contributed by atoms with Crippen LogP contribution in [0.4, 0.5) is 0 Å². The molecule has 0 aromatic rings. The smallest absolute Gasteiger partial charge is 0.0683 e. The summed E-state index contributed by atoms with van der Waals surface area (Å²) in [6.45, 7) is 11.6. The number of hydrogen-bond acceptors (Lipinski definition) is 5. The molecule has 2 heterocycles. The van der Waals surface area contributed by atoms with Gasteiger partial charge in [-0.25, -0.2) is 0 Å². The summed E-state index contributed by atoms with van der Waals surface area (Å²) in [5.41, 5.74) is 7.79. The fraction of sp³-hybridized carbons (Fsp3) is 0.583. The normalized spacial score (nSPS) is 22.3. The van der Waals surface area contributed by atoms with Crippen LogP contribution in [0.15, 0.2) is 28.8 Å². The summed E-state index contributed by atoms with van der Waals surface area (Å²) in [7, 11) is 0. The van der Waals surface area contributed by atoms with Gasteiger partial charge in [-0.2, -0.15) is 0 Å². The molecule has 0 spiro atoms. The molecule has 6 heteroatoms. The third-order valence-electron chi connectivity index (χ3n) is 2.95. The molecular weight excluding hydrogens is 415 g/mol. The van der Waals surface area contributed by atoms with Gasteiger partial charge in [-0.15, -0.1) is 0 Å². The van der Waals surface area contributed by atoms with Crippen LogP contribution in [0.1, 0.15) is 27.2 Å². The minimum atomic E-state index is 0.429. The molecule has 18 heavy (non-hydrogen) atoms. The third-order valence-corrected chi connectivity index (χ3v) is 4.26. The van der Waals surface area contributed by atoms with Crippen molar-refractivity contribution in [1.82, 2.24) is 15.5 Å². The van der Waals surface area contributed by atoms with Gasteiger partial charge >= 0.3 is 112 Å². The molecule has 0 amide bonds. The molecular formula is C12H22HgN5. The van der Waals surface area contributed by atoms with Gasteiger partial charge in [0.2, 0.25) is 0 Å². The summed E-state index contributed by atoms with van der Waals surface area (Å²) >= 11 is 0.481. The van der Waals surface area contributed by atoms with E-state index in [2.05, 4.69) is 34.0 Å². The summed E-state index contributed by atoms with van der Waals surface area (Å²) in [5, 5.41) is 6.61. The van der Waals surface area contributed by atoms with Crippen molar-refractivity contribution in [1.29, 1.82) is 0 Å². The summed E-state index contributed by atoms with van der Waals surface area (Å²) in [4.78, 5) is 6.71. The van der Waals surface area contributed by atoms with Gasteiger partial charge in [0.05, 0.1) is 0 Å². The summed E-state index contributed by atoms with van der Waals surface area (Å²) < 4.78 is 1.06. The maximum absolute atomic E-state index is 5.83. The first-order valence-corrected chi connectivity index (χ1v) is 9.24. The van der Waals surface area contributed by atoms with E-state index in [1.54, 1.807) is 0 Å². The summed E-state index contributed by atoms with van der Waals surface area (Å²) in [6.07, 6.45) is 1.06. The Morgan fingerprint density at radius 1 is 1.56 bits per heavy atom. The summed E-state index contributed by atoms with van der Waals surface area (Å²) in [5.74, 6) is 0.934. The molecule has 2 aliphatic heterocycles. The summed E-state index contributed by atoms with van der Waals surface area (Å²) in [6, 6.07) is 0.429. The van der Waals surface area contributed by atoms with Gasteiger partial charge in [0.25, 0.3) is 0 Å². The maximum atomic E-state index is 5.83. The topological polar surface area (TPSA) is 65.7 Å². The maximum Gasteiger partial charge on any atom is -0.0683 e. The van der Waals surface area contributed by atoms with Crippen molar-refractivity contribution >= 4 is 3.34 Å². The van der Waals surface area contributed by atoms with Crippen molar-refractivity contribution in [3.8, 4) is 0 Å². The Morgan fingerprint density at radius 2 is 2.22 bits per heavy atom. The Labute approximate surface area is 126 Å². The van der Waals surface area contributed by atoms with Crippen molar-refractivity contribution in [2.75, 3.05) is 13.2 Å². The molecule has 0 saturated heterocycles. The molecule has 0 bridgehead atoms. The molecule has 0 saturated carbocycles. The van der Waals surface area contributed by atoms with E-state index < -0.39 is 0 Å². The molecule has 0 aromatic heterocycles. The second-order valence-corrected chi connectivity index (χ2v) is 6.56. The number of aliphatic imine (C=N–C) groups is 1. The number of rotatable bonds is 2. The van der Waals surface area contributed by atoms with Crippen LogP contribution in [0, 0.1) is 0 Å². The van der Waals surface area contributed by atoms with Gasteiger partial charge in [-0.1, -0.05) is 13.8 Å². The average molecular weight is 437 g/mol. The minimum Gasteiger partial charge on any atom is -0.0683 e. The zero-order chi connectivity index (χ0) is 13.7. The molecule has 5 nitrogen and oxygen atoms in total. The van der Waals surface area contributed by atoms with Crippen molar-refractivity contribution in [2.45, 2.75) is 33.2 Å². The molecule has 0 radical (unpaired) electrons. The first-order chi connectivity index (χ1) is 8.67. The van der Waals surface area contributed by atoms with Crippen LogP contribution in [-0.2, 0) is 26.1 Å². The van der Waals surface area contributed by atoms with E-state index in [-0.39, 0.29) is 0 Å². The second-order valence-electron chi connectivity index (χ2n) is 3.95. The Balaban J connectivity index is 0.000000771. The quantitative estimate of drug-likeness (QED) is 0.560. The second kappa shape index (κ2) is 7.14. The van der Waals surface area contributed by atoms with Gasteiger partial charge in [-0.05, 0) is 0 Å². The number of nitrogens with two attached hydrogens (primary N) is 1. The van der Waals surface area contributed by atoms with E-state index in [0.29, 0.717) is 38.8 Å². The molecule has 97 valence electrons. The molecule has 1 unspecified atom stereocenters. The van der Waals surface area contributed by atoms with Gasteiger partial charge < -0.3 is 0 Å². The molecule has 1 atom stereocenters. The van der Waals surface area contributed by atoms with Crippen LogP contribution in [0.2, 0.25) is 0 Å². The van der Waals surface area contributed by atoms with Gasteiger partial charge in [0, 0.05) is 0 Å². The van der Waals surface area contributed by atoms with E-state index >= 15 is 0 Å². The monoisotopic (exact) mass is 438 g/mol. The van der Waals surface area contributed by atoms with Crippen molar-refractivity contribution in [3.05, 3.63) is 23.8 Å². The van der Waals surface area contributed by atoms with Crippen molar-refractivity contribution < 1.29 is 26.1 Å². The number of nitrogens with one attached hydrogen (secondary N) is 2. The zero-order valence-electron chi connectivity index (χ0n) is 11.6. The fourth-order valence-electron chi connectivity index (χ4n) is 2.14. The number of amidine groups is 1. The Morgan fingerprint density at radius 3 is 2.78 bits per heavy atom. The molecule has 0 aromatic carbocycles. The van der Waals surface area contributed by atoms with E-state index in [4.69, 9.17) is 5.73 Å². The van der Waals surface area contributed by atoms with Gasteiger partial charge in [0.15, 0.2) is 0 Å². The Kier molecular flexibility index (Phi) is 6.15. The van der Waals surface area contributed by atoms with Crippen molar-refractivity contribution in [2.24, 2.45) is 10.7 Å². The van der Waals surface area contributed by atoms with Crippen molar-refractivity contribution in [3.63, 3.8) is 0 Å². The third kappa shape index (κ3) is 3.06. The van der Waals surface area contributed by atoms with E-state index in [9.17, 15) is 0 Å². The predicted octanol–water partition coefficient (Wildman–Crippen LogP) is 0.801. The minimum absolute atomic E-state index is 0.429. The predicted molar refractivity (Wildman–Crippen MR) is 71.1 cm³/mol. The zero-order valence-corrected chi connectivity index (χ0v) is 17.1. The van der Waals surface area contributed by atoms with Gasteiger partial charge in [0.1, 0.15) is 0 Å². The molecule has 2 rings (SSSR count). The van der Waals surface area contributed by atoms with Crippen LogP contribution >= 0.6 is 0 Å². The largest absolute Gasteiger partial charge is 0.0683 e. The average Bonchev–Trinajstić information content (AvgIpc) is 2.39. The van der Waals surface area contributed by atoms with E-state index in [1.807, 2.05) is 13.8 Å². The molecule has 2 aliphatic rings. The molecule has 4 N–H and O–H groups in total. The van der Waals surface area contributed by atoms with Crippen LogP contribution < -0.4 is 16.4 Å². The molecule has 0 aliphatic carbocycles. The van der Waals surface area contributed by atoms with Crippen LogP contribution in [0.5, 0.6) is 0 Å². The molecule has 0 fully saturated rings. The number of nitrogens with zero attached hydrogens (tertiary/aromatic N) is 2. The van der Waals surface area contributed by atoms with Crippen LogP contribution in [0.3, 0.4) is 0 Å². The Bertz CT molecular complexity index is 375. The van der Waals surface area contributed by atoms with Crippen LogP contribution in [-0.4, -0.2) is 27.5 Å². The first-order valence-electron chi connectivity index (χ1n) is 6.49.